The molecule has 3 aromatic rings. The Morgan fingerprint density at radius 2 is 2.05 bits per heavy atom. The predicted molar refractivity (Wildman–Crippen MR) is 82.8 cm³/mol. The van der Waals surface area contributed by atoms with E-state index in [4.69, 9.17) is 5.73 Å². The van der Waals surface area contributed by atoms with E-state index in [1.165, 1.54) is 0 Å². The lowest BCUT2D eigenvalue weighted by Gasteiger charge is -2.12. The second kappa shape index (κ2) is 5.76. The number of benzene rings is 2. The van der Waals surface area contributed by atoms with Crippen molar-refractivity contribution in [3.05, 3.63) is 60.4 Å². The third-order valence-electron chi connectivity index (χ3n) is 3.32. The van der Waals surface area contributed by atoms with Crippen LogP contribution in [0.4, 0.5) is 5.69 Å². The lowest BCUT2D eigenvalue weighted by atomic mass is 10.1. The molecule has 1 heterocycles. The standard InChI is InChI=1S/C16H16N4O/c17-13(8-11-4-2-1-3-5-11)16(21)20-12-6-7-14-15(9-12)19-10-18-14/h1-7,9-10,13H,8,17H2,(H,18,19)(H,20,21). The molecule has 1 unspecified atom stereocenters. The fraction of sp³-hybridized carbons (Fsp3) is 0.125. The molecule has 1 aromatic heterocycles. The van der Waals surface area contributed by atoms with Gasteiger partial charge in [-0.15, -0.1) is 0 Å². The number of amides is 1. The molecule has 4 N–H and O–H groups in total. The van der Waals surface area contributed by atoms with Gasteiger partial charge < -0.3 is 16.0 Å². The van der Waals surface area contributed by atoms with Crippen molar-refractivity contribution in [1.29, 1.82) is 0 Å². The van der Waals surface area contributed by atoms with Crippen molar-refractivity contribution in [3.8, 4) is 0 Å². The molecule has 0 aliphatic carbocycles. The molecule has 5 nitrogen and oxygen atoms in total. The molecule has 5 heteroatoms. The van der Waals surface area contributed by atoms with E-state index in [0.717, 1.165) is 16.6 Å². The molecular formula is C16H16N4O. The number of rotatable bonds is 4. The van der Waals surface area contributed by atoms with Crippen molar-refractivity contribution >= 4 is 22.6 Å². The molecule has 0 saturated heterocycles. The van der Waals surface area contributed by atoms with Crippen LogP contribution < -0.4 is 11.1 Å². The van der Waals surface area contributed by atoms with Crippen molar-refractivity contribution in [2.75, 3.05) is 5.32 Å². The van der Waals surface area contributed by atoms with Gasteiger partial charge in [-0.3, -0.25) is 4.79 Å². The number of nitrogens with two attached hydrogens (primary N) is 1. The van der Waals surface area contributed by atoms with Crippen molar-refractivity contribution in [3.63, 3.8) is 0 Å². The van der Waals surface area contributed by atoms with Gasteiger partial charge in [0.15, 0.2) is 0 Å². The highest BCUT2D eigenvalue weighted by Gasteiger charge is 2.14. The molecule has 1 atom stereocenters. The van der Waals surface area contributed by atoms with Crippen LogP contribution >= 0.6 is 0 Å². The summed E-state index contributed by atoms with van der Waals surface area (Å²) in [5.74, 6) is -0.197. The summed E-state index contributed by atoms with van der Waals surface area (Å²) in [6.07, 6.45) is 2.14. The summed E-state index contributed by atoms with van der Waals surface area (Å²) in [5.41, 5.74) is 9.45. The molecule has 0 fully saturated rings. The normalized spacial score (nSPS) is 12.2. The highest BCUT2D eigenvalue weighted by Crippen LogP contribution is 2.16. The third kappa shape index (κ3) is 3.09. The summed E-state index contributed by atoms with van der Waals surface area (Å²) >= 11 is 0. The van der Waals surface area contributed by atoms with Gasteiger partial charge in [-0.05, 0) is 30.2 Å². The number of fused-ring (bicyclic) bond motifs is 1. The van der Waals surface area contributed by atoms with Crippen LogP contribution in [-0.4, -0.2) is 21.9 Å². The summed E-state index contributed by atoms with van der Waals surface area (Å²) < 4.78 is 0. The number of anilines is 1. The van der Waals surface area contributed by atoms with E-state index < -0.39 is 6.04 Å². The van der Waals surface area contributed by atoms with Crippen molar-refractivity contribution in [1.82, 2.24) is 9.97 Å². The highest BCUT2D eigenvalue weighted by molar-refractivity contribution is 5.96. The zero-order valence-corrected chi connectivity index (χ0v) is 11.4. The van der Waals surface area contributed by atoms with Crippen LogP contribution in [-0.2, 0) is 11.2 Å². The van der Waals surface area contributed by atoms with Gasteiger partial charge in [0.05, 0.1) is 23.4 Å². The maximum Gasteiger partial charge on any atom is 0.241 e. The summed E-state index contributed by atoms with van der Waals surface area (Å²) in [5, 5.41) is 2.83. The second-order valence-electron chi connectivity index (χ2n) is 4.92. The van der Waals surface area contributed by atoms with Crippen LogP contribution in [0.15, 0.2) is 54.9 Å². The molecule has 0 saturated carbocycles. The van der Waals surface area contributed by atoms with Gasteiger partial charge in [-0.25, -0.2) is 4.98 Å². The van der Waals surface area contributed by atoms with E-state index in [2.05, 4.69) is 15.3 Å². The zero-order chi connectivity index (χ0) is 14.7. The summed E-state index contributed by atoms with van der Waals surface area (Å²) in [4.78, 5) is 19.3. The summed E-state index contributed by atoms with van der Waals surface area (Å²) in [7, 11) is 0. The van der Waals surface area contributed by atoms with Gasteiger partial charge in [0.2, 0.25) is 5.91 Å². The quantitative estimate of drug-likeness (QED) is 0.684. The number of hydrogen-bond acceptors (Lipinski definition) is 3. The van der Waals surface area contributed by atoms with Gasteiger partial charge in [0, 0.05) is 5.69 Å². The molecule has 21 heavy (non-hydrogen) atoms. The van der Waals surface area contributed by atoms with Crippen molar-refractivity contribution in [2.24, 2.45) is 5.73 Å². The summed E-state index contributed by atoms with van der Waals surface area (Å²) in [6.45, 7) is 0. The Kier molecular flexibility index (Phi) is 3.66. The number of carbonyl (C=O) groups excluding carboxylic acids is 1. The lowest BCUT2D eigenvalue weighted by molar-refractivity contribution is -0.117. The van der Waals surface area contributed by atoms with Crippen LogP contribution in [0.25, 0.3) is 11.0 Å². The molecular weight excluding hydrogens is 264 g/mol. The van der Waals surface area contributed by atoms with Gasteiger partial charge >= 0.3 is 0 Å². The smallest absolute Gasteiger partial charge is 0.241 e. The second-order valence-corrected chi connectivity index (χ2v) is 4.92. The van der Waals surface area contributed by atoms with Gasteiger partial charge in [0.25, 0.3) is 0 Å². The topological polar surface area (TPSA) is 83.8 Å². The molecule has 2 aromatic carbocycles. The summed E-state index contributed by atoms with van der Waals surface area (Å²) in [6, 6.07) is 14.7. The Labute approximate surface area is 122 Å². The Balaban J connectivity index is 1.67. The molecule has 106 valence electrons. The number of H-pyrrole nitrogens is 1. The van der Waals surface area contributed by atoms with Crippen molar-refractivity contribution in [2.45, 2.75) is 12.5 Å². The van der Waals surface area contributed by atoms with Crippen LogP contribution in [0.2, 0.25) is 0 Å². The largest absolute Gasteiger partial charge is 0.345 e. The number of nitrogens with one attached hydrogen (secondary N) is 2. The van der Waals surface area contributed by atoms with E-state index in [-0.39, 0.29) is 5.91 Å². The van der Waals surface area contributed by atoms with E-state index in [1.807, 2.05) is 48.5 Å². The molecule has 0 aliphatic rings. The van der Waals surface area contributed by atoms with Gasteiger partial charge in [-0.1, -0.05) is 30.3 Å². The minimum Gasteiger partial charge on any atom is -0.345 e. The minimum absolute atomic E-state index is 0.197. The van der Waals surface area contributed by atoms with Crippen LogP contribution in [0.3, 0.4) is 0 Å². The zero-order valence-electron chi connectivity index (χ0n) is 11.4. The maximum atomic E-state index is 12.1. The first kappa shape index (κ1) is 13.3. The molecule has 0 bridgehead atoms. The van der Waals surface area contributed by atoms with Gasteiger partial charge in [-0.2, -0.15) is 0 Å². The number of aromatic nitrogens is 2. The Morgan fingerprint density at radius 3 is 2.86 bits per heavy atom. The first-order valence-corrected chi connectivity index (χ1v) is 6.76. The third-order valence-corrected chi connectivity index (χ3v) is 3.32. The number of hydrogen-bond donors (Lipinski definition) is 3. The Morgan fingerprint density at radius 1 is 1.24 bits per heavy atom. The maximum absolute atomic E-state index is 12.1. The molecule has 0 aliphatic heterocycles. The fourth-order valence-corrected chi connectivity index (χ4v) is 2.21. The molecule has 1 amide bonds. The molecule has 0 radical (unpaired) electrons. The van der Waals surface area contributed by atoms with Crippen molar-refractivity contribution < 1.29 is 4.79 Å². The Hall–Kier alpha value is -2.66. The van der Waals surface area contributed by atoms with E-state index in [9.17, 15) is 4.79 Å². The average molecular weight is 280 g/mol. The van der Waals surface area contributed by atoms with E-state index in [1.54, 1.807) is 6.33 Å². The number of aromatic amines is 1. The van der Waals surface area contributed by atoms with Crippen LogP contribution in [0.1, 0.15) is 5.56 Å². The van der Waals surface area contributed by atoms with Gasteiger partial charge in [0.1, 0.15) is 0 Å². The highest BCUT2D eigenvalue weighted by atomic mass is 16.2. The average Bonchev–Trinajstić information content (AvgIpc) is 2.95. The molecule has 0 spiro atoms. The first-order valence-electron chi connectivity index (χ1n) is 6.76. The predicted octanol–water partition coefficient (Wildman–Crippen LogP) is 2.07. The van der Waals surface area contributed by atoms with Crippen LogP contribution in [0.5, 0.6) is 0 Å². The number of imidazole rings is 1. The first-order chi connectivity index (χ1) is 10.2. The Bertz CT molecular complexity index is 751. The SMILES string of the molecule is NC(Cc1ccccc1)C(=O)Nc1ccc2nc[nH]c2c1. The molecule has 3 rings (SSSR count). The fourth-order valence-electron chi connectivity index (χ4n) is 2.21. The number of carbonyl (C=O) groups is 1. The van der Waals surface area contributed by atoms with E-state index in [0.29, 0.717) is 12.1 Å². The minimum atomic E-state index is -0.579. The lowest BCUT2D eigenvalue weighted by Crippen LogP contribution is -2.37. The van der Waals surface area contributed by atoms with Crippen LogP contribution in [0, 0.1) is 0 Å². The number of nitrogens with zero attached hydrogens (tertiary/aromatic N) is 1. The van der Waals surface area contributed by atoms with E-state index >= 15 is 0 Å². The monoisotopic (exact) mass is 280 g/mol.